The van der Waals surface area contributed by atoms with Gasteiger partial charge in [-0.25, -0.2) is 0 Å². The summed E-state index contributed by atoms with van der Waals surface area (Å²) in [6.07, 6.45) is 5.19. The third kappa shape index (κ3) is 3.87. The molecule has 0 radical (unpaired) electrons. The molecule has 0 saturated carbocycles. The van der Waals surface area contributed by atoms with E-state index >= 15 is 0 Å². The third-order valence-corrected chi connectivity index (χ3v) is 3.82. The van der Waals surface area contributed by atoms with Gasteiger partial charge in [-0.2, -0.15) is 0 Å². The van der Waals surface area contributed by atoms with Gasteiger partial charge in [0, 0.05) is 11.1 Å². The van der Waals surface area contributed by atoms with Crippen LogP contribution in [0.3, 0.4) is 0 Å². The topological polar surface area (TPSA) is 12.0 Å². The molecule has 1 nitrogen and oxygen atoms in total. The maximum atomic E-state index is 5.93. The summed E-state index contributed by atoms with van der Waals surface area (Å²) in [5.41, 5.74) is 1.42. The first-order valence-electron chi connectivity index (χ1n) is 6.30. The Balaban J connectivity index is 0.00000144. The molecular formula is C14H21Cl2N. The van der Waals surface area contributed by atoms with Crippen LogP contribution in [0, 0.1) is 0 Å². The highest BCUT2D eigenvalue weighted by Crippen LogP contribution is 2.28. The molecule has 1 fully saturated rings. The number of hydrogen-bond acceptors (Lipinski definition) is 1. The molecule has 3 heteroatoms. The molecule has 1 aliphatic heterocycles. The first-order chi connectivity index (χ1) is 7.81. The minimum atomic E-state index is 0. The lowest BCUT2D eigenvalue weighted by atomic mass is 9.85. The van der Waals surface area contributed by atoms with Crippen molar-refractivity contribution in [3.63, 3.8) is 0 Å². The Hall–Kier alpha value is -0.240. The average molecular weight is 274 g/mol. The molecule has 1 aliphatic rings. The van der Waals surface area contributed by atoms with Crippen LogP contribution in [-0.4, -0.2) is 12.6 Å². The van der Waals surface area contributed by atoms with Gasteiger partial charge in [0.05, 0.1) is 0 Å². The van der Waals surface area contributed by atoms with E-state index < -0.39 is 0 Å². The normalized spacial score (nSPS) is 21.6. The quantitative estimate of drug-likeness (QED) is 0.861. The van der Waals surface area contributed by atoms with Gasteiger partial charge in [-0.15, -0.1) is 12.4 Å². The summed E-state index contributed by atoms with van der Waals surface area (Å²) in [4.78, 5) is 0. The fourth-order valence-corrected chi connectivity index (χ4v) is 2.81. The van der Waals surface area contributed by atoms with Gasteiger partial charge in [-0.3, -0.25) is 0 Å². The Morgan fingerprint density at radius 3 is 2.53 bits per heavy atom. The van der Waals surface area contributed by atoms with Crippen molar-refractivity contribution in [1.82, 2.24) is 5.32 Å². The summed E-state index contributed by atoms with van der Waals surface area (Å²) in [5.74, 6) is 0.637. The summed E-state index contributed by atoms with van der Waals surface area (Å²) < 4.78 is 0. The molecule has 1 aromatic rings. The van der Waals surface area contributed by atoms with Crippen LogP contribution in [0.15, 0.2) is 24.3 Å². The molecule has 0 bridgehead atoms. The Morgan fingerprint density at radius 2 is 2.00 bits per heavy atom. The van der Waals surface area contributed by atoms with Gasteiger partial charge in [-0.1, -0.05) is 37.1 Å². The van der Waals surface area contributed by atoms with Crippen LogP contribution in [-0.2, 0) is 0 Å². The molecule has 1 N–H and O–H groups in total. The second-order valence-corrected chi connectivity index (χ2v) is 5.06. The Morgan fingerprint density at radius 1 is 1.29 bits per heavy atom. The summed E-state index contributed by atoms with van der Waals surface area (Å²) in [7, 11) is 0. The molecular weight excluding hydrogens is 253 g/mol. The van der Waals surface area contributed by atoms with E-state index in [9.17, 15) is 0 Å². The second kappa shape index (κ2) is 7.25. The Kier molecular flexibility index (Phi) is 6.32. The third-order valence-electron chi connectivity index (χ3n) is 3.57. The van der Waals surface area contributed by atoms with Gasteiger partial charge in [0.2, 0.25) is 0 Å². The molecule has 96 valence electrons. The number of rotatable bonds is 3. The number of halogens is 2. The summed E-state index contributed by atoms with van der Waals surface area (Å²) in [6, 6.07) is 9.00. The molecule has 0 aliphatic carbocycles. The van der Waals surface area contributed by atoms with Gasteiger partial charge >= 0.3 is 0 Å². The van der Waals surface area contributed by atoms with Crippen LogP contribution >= 0.6 is 24.0 Å². The predicted molar refractivity (Wildman–Crippen MR) is 77.4 cm³/mol. The highest BCUT2D eigenvalue weighted by Gasteiger charge is 2.22. The van der Waals surface area contributed by atoms with Gasteiger partial charge < -0.3 is 5.32 Å². The van der Waals surface area contributed by atoms with E-state index in [-0.39, 0.29) is 12.4 Å². The van der Waals surface area contributed by atoms with Crippen LogP contribution in [0.1, 0.15) is 44.1 Å². The first-order valence-corrected chi connectivity index (χ1v) is 6.68. The molecule has 1 aromatic carbocycles. The van der Waals surface area contributed by atoms with Crippen LogP contribution in [0.5, 0.6) is 0 Å². The minimum absolute atomic E-state index is 0. The van der Waals surface area contributed by atoms with Gasteiger partial charge in [0.1, 0.15) is 0 Å². The van der Waals surface area contributed by atoms with E-state index in [1.165, 1.54) is 37.8 Å². The highest BCUT2D eigenvalue weighted by molar-refractivity contribution is 6.30. The van der Waals surface area contributed by atoms with Crippen molar-refractivity contribution in [3.8, 4) is 0 Å². The predicted octanol–water partition coefficient (Wildman–Crippen LogP) is 4.40. The summed E-state index contributed by atoms with van der Waals surface area (Å²) >= 11 is 5.93. The molecule has 1 heterocycles. The lowest BCUT2D eigenvalue weighted by Crippen LogP contribution is -2.38. The molecule has 0 spiro atoms. The maximum Gasteiger partial charge on any atom is 0.0406 e. The van der Waals surface area contributed by atoms with E-state index in [2.05, 4.69) is 24.4 Å². The number of hydrogen-bond donors (Lipinski definition) is 1. The molecule has 2 atom stereocenters. The summed E-state index contributed by atoms with van der Waals surface area (Å²) in [6.45, 7) is 3.45. The van der Waals surface area contributed by atoms with Crippen LogP contribution in [0.4, 0.5) is 0 Å². The number of benzene rings is 1. The molecule has 0 amide bonds. The largest absolute Gasteiger partial charge is 0.313 e. The van der Waals surface area contributed by atoms with Crippen LogP contribution in [0.2, 0.25) is 5.02 Å². The van der Waals surface area contributed by atoms with Crippen molar-refractivity contribution in [2.45, 2.75) is 44.6 Å². The van der Waals surface area contributed by atoms with E-state index in [0.29, 0.717) is 12.0 Å². The van der Waals surface area contributed by atoms with Crippen molar-refractivity contribution in [2.24, 2.45) is 0 Å². The smallest absolute Gasteiger partial charge is 0.0406 e. The standard InChI is InChI=1S/C14H20ClN.ClH/c1-2-13(14-5-3-4-10-16-14)11-6-8-12(15)9-7-11;/h6-9,13-14,16H,2-5,10H2,1H3;1H. The van der Waals surface area contributed by atoms with E-state index in [4.69, 9.17) is 11.6 Å². The fourth-order valence-electron chi connectivity index (χ4n) is 2.68. The van der Waals surface area contributed by atoms with E-state index in [0.717, 1.165) is 5.02 Å². The molecule has 2 unspecified atom stereocenters. The SMILES string of the molecule is CCC(c1ccc(Cl)cc1)C1CCCCN1.Cl. The van der Waals surface area contributed by atoms with Crippen LogP contribution < -0.4 is 5.32 Å². The number of piperidine rings is 1. The Labute approximate surface area is 115 Å². The Bertz CT molecular complexity index is 317. The summed E-state index contributed by atoms with van der Waals surface area (Å²) in [5, 5.41) is 4.48. The maximum absolute atomic E-state index is 5.93. The molecule has 0 aromatic heterocycles. The lowest BCUT2D eigenvalue weighted by Gasteiger charge is -2.31. The van der Waals surface area contributed by atoms with Crippen molar-refractivity contribution in [3.05, 3.63) is 34.9 Å². The highest BCUT2D eigenvalue weighted by atomic mass is 35.5. The monoisotopic (exact) mass is 273 g/mol. The second-order valence-electron chi connectivity index (χ2n) is 4.62. The first kappa shape index (κ1) is 14.8. The van der Waals surface area contributed by atoms with E-state index in [1.807, 2.05) is 12.1 Å². The van der Waals surface area contributed by atoms with Crippen molar-refractivity contribution in [1.29, 1.82) is 0 Å². The van der Waals surface area contributed by atoms with Gasteiger partial charge in [0.25, 0.3) is 0 Å². The zero-order chi connectivity index (χ0) is 11.4. The van der Waals surface area contributed by atoms with Crippen molar-refractivity contribution >= 4 is 24.0 Å². The fraction of sp³-hybridized carbons (Fsp3) is 0.571. The average Bonchev–Trinajstić information content (AvgIpc) is 2.34. The van der Waals surface area contributed by atoms with Crippen molar-refractivity contribution in [2.75, 3.05) is 6.54 Å². The minimum Gasteiger partial charge on any atom is -0.313 e. The van der Waals surface area contributed by atoms with Gasteiger partial charge in [-0.05, 0) is 49.4 Å². The van der Waals surface area contributed by atoms with Crippen LogP contribution in [0.25, 0.3) is 0 Å². The molecule has 1 saturated heterocycles. The van der Waals surface area contributed by atoms with Crippen molar-refractivity contribution < 1.29 is 0 Å². The molecule has 17 heavy (non-hydrogen) atoms. The molecule has 2 rings (SSSR count). The zero-order valence-electron chi connectivity index (χ0n) is 10.3. The lowest BCUT2D eigenvalue weighted by molar-refractivity contribution is 0.344. The zero-order valence-corrected chi connectivity index (χ0v) is 11.9. The number of nitrogens with one attached hydrogen (secondary N) is 1. The van der Waals surface area contributed by atoms with Gasteiger partial charge in [0.15, 0.2) is 0 Å². The van der Waals surface area contributed by atoms with E-state index in [1.54, 1.807) is 0 Å².